The van der Waals surface area contributed by atoms with Crippen LogP contribution in [0.2, 0.25) is 0 Å². The van der Waals surface area contributed by atoms with Gasteiger partial charge < -0.3 is 14.8 Å². The number of amides is 1. The van der Waals surface area contributed by atoms with Gasteiger partial charge in [0.15, 0.2) is 16.6 Å². The number of nitrogens with zero attached hydrogens (tertiary/aromatic N) is 2. The van der Waals surface area contributed by atoms with Crippen LogP contribution in [0.4, 0.5) is 5.13 Å². The number of anilines is 1. The minimum absolute atomic E-state index is 0.140. The van der Waals surface area contributed by atoms with Gasteiger partial charge in [0.25, 0.3) is 0 Å². The summed E-state index contributed by atoms with van der Waals surface area (Å²) >= 11 is 1.53. The lowest BCUT2D eigenvalue weighted by atomic mass is 9.79. The van der Waals surface area contributed by atoms with Crippen molar-refractivity contribution >= 4 is 22.4 Å². The number of benzene rings is 1. The van der Waals surface area contributed by atoms with E-state index in [1.807, 2.05) is 0 Å². The third kappa shape index (κ3) is 6.07. The molecule has 1 saturated carbocycles. The predicted octanol–water partition coefficient (Wildman–Crippen LogP) is 5.65. The fourth-order valence-corrected chi connectivity index (χ4v) is 5.86. The van der Waals surface area contributed by atoms with Gasteiger partial charge in [-0.1, -0.05) is 26.2 Å². The normalized spacial score (nSPS) is 20.8. The van der Waals surface area contributed by atoms with Crippen LogP contribution < -0.4 is 14.8 Å². The van der Waals surface area contributed by atoms with E-state index >= 15 is 0 Å². The standard InChI is InChI=1S/C26H37N3O3S/c1-4-5-6-18-7-9-19(10-8-18)25(30)28-26-27-22(17-33-26)16-29-12-11-20-13-23(31-2)24(32-3)14-21(20)15-29/h13-14,17-19H,4-12,15-16H2,1-3H3,(H,27,28,30). The van der Waals surface area contributed by atoms with E-state index in [2.05, 4.69) is 34.7 Å². The van der Waals surface area contributed by atoms with Gasteiger partial charge in [0.2, 0.25) is 5.91 Å². The second-order valence-electron chi connectivity index (χ2n) is 9.43. The molecule has 0 unspecified atom stereocenters. The molecule has 0 bridgehead atoms. The molecule has 1 fully saturated rings. The molecule has 6 nitrogen and oxygen atoms in total. The fraction of sp³-hybridized carbons (Fsp3) is 0.615. The van der Waals surface area contributed by atoms with Gasteiger partial charge in [0, 0.05) is 30.9 Å². The lowest BCUT2D eigenvalue weighted by molar-refractivity contribution is -0.121. The number of aromatic nitrogens is 1. The number of nitrogens with one attached hydrogen (secondary N) is 1. The van der Waals surface area contributed by atoms with Crippen LogP contribution in [0.1, 0.15) is 68.7 Å². The lowest BCUT2D eigenvalue weighted by Crippen LogP contribution is -2.30. The lowest BCUT2D eigenvalue weighted by Gasteiger charge is -2.29. The van der Waals surface area contributed by atoms with E-state index in [9.17, 15) is 4.79 Å². The Morgan fingerprint density at radius 2 is 1.88 bits per heavy atom. The average molecular weight is 472 g/mol. The van der Waals surface area contributed by atoms with Gasteiger partial charge in [-0.05, 0) is 61.3 Å². The Morgan fingerprint density at radius 3 is 2.58 bits per heavy atom. The molecule has 0 spiro atoms. The van der Waals surface area contributed by atoms with Crippen LogP contribution in [-0.2, 0) is 24.3 Å². The third-order valence-electron chi connectivity index (χ3n) is 7.15. The molecular weight excluding hydrogens is 434 g/mol. The molecule has 180 valence electrons. The van der Waals surface area contributed by atoms with E-state index in [0.717, 1.165) is 67.1 Å². The van der Waals surface area contributed by atoms with Crippen LogP contribution in [0.25, 0.3) is 0 Å². The Kier molecular flexibility index (Phi) is 8.25. The predicted molar refractivity (Wildman–Crippen MR) is 133 cm³/mol. The van der Waals surface area contributed by atoms with Crippen LogP contribution in [-0.4, -0.2) is 36.6 Å². The van der Waals surface area contributed by atoms with Crippen molar-refractivity contribution in [1.29, 1.82) is 0 Å². The summed E-state index contributed by atoms with van der Waals surface area (Å²) in [5.74, 6) is 2.67. The van der Waals surface area contributed by atoms with Crippen molar-refractivity contribution in [2.45, 2.75) is 71.4 Å². The first-order valence-electron chi connectivity index (χ1n) is 12.3. The summed E-state index contributed by atoms with van der Waals surface area (Å²) < 4.78 is 10.9. The quantitative estimate of drug-likeness (QED) is 0.512. The van der Waals surface area contributed by atoms with E-state index in [1.165, 1.54) is 54.6 Å². The minimum Gasteiger partial charge on any atom is -0.493 e. The van der Waals surface area contributed by atoms with E-state index < -0.39 is 0 Å². The number of carbonyl (C=O) groups excluding carboxylic acids is 1. The molecule has 2 heterocycles. The molecule has 1 aliphatic heterocycles. The molecule has 1 aromatic carbocycles. The molecule has 1 amide bonds. The van der Waals surface area contributed by atoms with Crippen LogP contribution in [0.15, 0.2) is 17.5 Å². The van der Waals surface area contributed by atoms with E-state index in [-0.39, 0.29) is 11.8 Å². The van der Waals surface area contributed by atoms with Crippen molar-refractivity contribution < 1.29 is 14.3 Å². The molecule has 33 heavy (non-hydrogen) atoms. The number of methoxy groups -OCH3 is 2. The summed E-state index contributed by atoms with van der Waals surface area (Å²) in [4.78, 5) is 19.9. The van der Waals surface area contributed by atoms with Gasteiger partial charge in [-0.15, -0.1) is 11.3 Å². The van der Waals surface area contributed by atoms with Crippen LogP contribution >= 0.6 is 11.3 Å². The molecule has 0 radical (unpaired) electrons. The van der Waals surface area contributed by atoms with Crippen molar-refractivity contribution in [3.05, 3.63) is 34.3 Å². The Labute approximate surface area is 201 Å². The smallest absolute Gasteiger partial charge is 0.229 e. The zero-order chi connectivity index (χ0) is 23.2. The first kappa shape index (κ1) is 24.0. The number of thiazole rings is 1. The van der Waals surface area contributed by atoms with Gasteiger partial charge in [-0.25, -0.2) is 4.98 Å². The van der Waals surface area contributed by atoms with E-state index in [1.54, 1.807) is 14.2 Å². The molecule has 1 aliphatic carbocycles. The van der Waals surface area contributed by atoms with E-state index in [0.29, 0.717) is 0 Å². The highest BCUT2D eigenvalue weighted by molar-refractivity contribution is 7.13. The maximum Gasteiger partial charge on any atom is 0.229 e. The van der Waals surface area contributed by atoms with E-state index in [4.69, 9.17) is 14.5 Å². The number of rotatable bonds is 9. The summed E-state index contributed by atoms with van der Waals surface area (Å²) in [7, 11) is 3.35. The van der Waals surface area contributed by atoms with Crippen molar-refractivity contribution in [3.8, 4) is 11.5 Å². The minimum atomic E-state index is 0.140. The summed E-state index contributed by atoms with van der Waals surface area (Å²) in [5.41, 5.74) is 3.61. The highest BCUT2D eigenvalue weighted by Gasteiger charge is 2.27. The van der Waals surface area contributed by atoms with Crippen LogP contribution in [0, 0.1) is 11.8 Å². The third-order valence-corrected chi connectivity index (χ3v) is 7.95. The SMILES string of the molecule is CCCCC1CCC(C(=O)Nc2nc(CN3CCc4cc(OC)c(OC)cc4C3)cs2)CC1. The molecule has 2 aromatic rings. The fourth-order valence-electron chi connectivity index (χ4n) is 5.16. The summed E-state index contributed by atoms with van der Waals surface area (Å²) in [6, 6.07) is 4.18. The van der Waals surface area contributed by atoms with Crippen LogP contribution in [0.3, 0.4) is 0 Å². The van der Waals surface area contributed by atoms with Crippen molar-refractivity contribution in [1.82, 2.24) is 9.88 Å². The molecule has 7 heteroatoms. The maximum absolute atomic E-state index is 12.8. The molecule has 4 rings (SSSR count). The zero-order valence-electron chi connectivity index (χ0n) is 20.2. The Morgan fingerprint density at radius 1 is 1.15 bits per heavy atom. The first-order chi connectivity index (χ1) is 16.1. The highest BCUT2D eigenvalue weighted by Crippen LogP contribution is 2.34. The van der Waals surface area contributed by atoms with Gasteiger partial charge >= 0.3 is 0 Å². The first-order valence-corrected chi connectivity index (χ1v) is 13.2. The number of hydrogen-bond donors (Lipinski definition) is 1. The molecule has 1 aromatic heterocycles. The molecule has 1 N–H and O–H groups in total. The van der Waals surface area contributed by atoms with Gasteiger partial charge in [-0.3, -0.25) is 9.69 Å². The molecule has 0 saturated heterocycles. The summed E-state index contributed by atoms with van der Waals surface area (Å²) in [5, 5.41) is 5.89. The number of fused-ring (bicyclic) bond motifs is 1. The summed E-state index contributed by atoms with van der Waals surface area (Å²) in [6.45, 7) is 4.86. The van der Waals surface area contributed by atoms with Gasteiger partial charge in [0.1, 0.15) is 0 Å². The molecule has 2 aliphatic rings. The average Bonchev–Trinajstić information content (AvgIpc) is 3.28. The maximum atomic E-state index is 12.8. The zero-order valence-corrected chi connectivity index (χ0v) is 21.0. The largest absolute Gasteiger partial charge is 0.493 e. The second-order valence-corrected chi connectivity index (χ2v) is 10.3. The van der Waals surface area contributed by atoms with Crippen LogP contribution in [0.5, 0.6) is 11.5 Å². The number of carbonyl (C=O) groups is 1. The molecule has 0 atom stereocenters. The molecular formula is C26H37N3O3S. The topological polar surface area (TPSA) is 63.7 Å². The Hall–Kier alpha value is -2.12. The van der Waals surface area contributed by atoms with Crippen molar-refractivity contribution in [3.63, 3.8) is 0 Å². The van der Waals surface area contributed by atoms with Crippen molar-refractivity contribution in [2.24, 2.45) is 11.8 Å². The Balaban J connectivity index is 1.28. The monoisotopic (exact) mass is 471 g/mol. The van der Waals surface area contributed by atoms with Crippen molar-refractivity contribution in [2.75, 3.05) is 26.1 Å². The van der Waals surface area contributed by atoms with Gasteiger partial charge in [0.05, 0.1) is 19.9 Å². The van der Waals surface area contributed by atoms with Gasteiger partial charge in [-0.2, -0.15) is 0 Å². The second kappa shape index (κ2) is 11.3. The number of hydrogen-bond acceptors (Lipinski definition) is 6. The highest BCUT2D eigenvalue weighted by atomic mass is 32.1. The number of ether oxygens (including phenoxy) is 2. The number of unbranched alkanes of at least 4 members (excludes halogenated alkanes) is 1. The summed E-state index contributed by atoms with van der Waals surface area (Å²) in [6.07, 6.45) is 9.28. The Bertz CT molecular complexity index is 937.